The number of carbonyl (C=O) groups excluding carboxylic acids is 4. The highest BCUT2D eigenvalue weighted by Gasteiger charge is 2.32. The molecule has 27 heteroatoms. The second-order valence-corrected chi connectivity index (χ2v) is 21.6. The molecule has 0 spiro atoms. The van der Waals surface area contributed by atoms with Crippen LogP contribution < -0.4 is 25.8 Å². The predicted octanol–water partition coefficient (Wildman–Crippen LogP) is 2.87. The van der Waals surface area contributed by atoms with Crippen molar-refractivity contribution in [2.24, 2.45) is 0 Å². The van der Waals surface area contributed by atoms with E-state index in [2.05, 4.69) is 16.0 Å². The molecule has 2 aromatic rings. The summed E-state index contributed by atoms with van der Waals surface area (Å²) in [6.07, 6.45) is -6.65. The van der Waals surface area contributed by atoms with E-state index in [1.165, 1.54) is 23.6 Å². The van der Waals surface area contributed by atoms with Gasteiger partial charge in [-0.1, -0.05) is 0 Å². The van der Waals surface area contributed by atoms with E-state index in [1.54, 1.807) is 66.1 Å². The largest absolute Gasteiger partial charge is 0.478 e. The summed E-state index contributed by atoms with van der Waals surface area (Å²) in [5, 5.41) is 72.5. The standard InChI is InChI=1S/C28H28I6N4O10S.C7H17NO5/c1-5-37(11(3)39)25-19(31)15(27(43)44)17(29)23(21(25)33)35-13(41)7-9-49(47,48)10-8-14(42)36-24-18(30)16(28(45)46)20(32)26(22(24)34)38(6-2)12(4)40;1-8-2-4(10)6(12)7(13)5(11)3-9/h5-10H2,1-4H3,(H,35,41)(H,36,42)(H,43,44)(H,45,46);4-13H,2-3H2,1H3/t;4-,5+,6+,7+/m.1/s1. The van der Waals surface area contributed by atoms with Crippen molar-refractivity contribution in [3.63, 3.8) is 0 Å². The molecule has 0 aliphatic carbocycles. The molecular formula is C35H45I6N5O15S. The van der Waals surface area contributed by atoms with E-state index in [1.807, 2.05) is 90.4 Å². The monoisotopic (exact) mass is 1570 g/mol. The van der Waals surface area contributed by atoms with E-state index in [0.29, 0.717) is 25.7 Å². The summed E-state index contributed by atoms with van der Waals surface area (Å²) in [6, 6.07) is 0. The van der Waals surface area contributed by atoms with Gasteiger partial charge >= 0.3 is 11.9 Å². The van der Waals surface area contributed by atoms with Crippen molar-refractivity contribution in [1.29, 1.82) is 0 Å². The Morgan fingerprint density at radius 2 is 0.952 bits per heavy atom. The van der Waals surface area contributed by atoms with Gasteiger partial charge in [0.15, 0.2) is 9.84 Å². The van der Waals surface area contributed by atoms with Crippen LogP contribution in [0.25, 0.3) is 0 Å². The number of amides is 4. The topological polar surface area (TPSA) is 321 Å². The summed E-state index contributed by atoms with van der Waals surface area (Å²) in [6.45, 7) is 6.00. The van der Waals surface area contributed by atoms with Crippen LogP contribution in [0, 0.1) is 21.4 Å². The van der Waals surface area contributed by atoms with Gasteiger partial charge in [-0.3, -0.25) is 19.2 Å². The molecule has 20 nitrogen and oxygen atoms in total. The number of aromatic carboxylic acids is 2. The van der Waals surface area contributed by atoms with Gasteiger partial charge in [-0.2, -0.15) is 0 Å². The molecular weight excluding hydrogens is 1520 g/mol. The third-order valence-corrected chi connectivity index (χ3v) is 16.5. The molecule has 2 aromatic carbocycles. The van der Waals surface area contributed by atoms with E-state index < -0.39 is 89.0 Å². The average Bonchev–Trinajstić information content (AvgIpc) is 3.18. The van der Waals surface area contributed by atoms with E-state index in [9.17, 15) is 52.5 Å². The molecule has 0 unspecified atom stereocenters. The molecule has 0 saturated heterocycles. The van der Waals surface area contributed by atoms with Crippen LogP contribution in [0.4, 0.5) is 22.7 Å². The second-order valence-electron chi connectivity index (χ2n) is 12.8. The van der Waals surface area contributed by atoms with Crippen molar-refractivity contribution in [2.45, 2.75) is 65.0 Å². The third-order valence-electron chi connectivity index (χ3n) is 8.50. The molecule has 0 heterocycles. The lowest BCUT2D eigenvalue weighted by atomic mass is 10.0. The first-order chi connectivity index (χ1) is 28.7. The van der Waals surface area contributed by atoms with Crippen LogP contribution in [0.2, 0.25) is 0 Å². The number of nitrogens with zero attached hydrogens (tertiary/aromatic N) is 2. The number of aliphatic hydroxyl groups is 5. The number of benzene rings is 2. The summed E-state index contributed by atoms with van der Waals surface area (Å²) < 4.78 is 27.6. The van der Waals surface area contributed by atoms with Gasteiger partial charge in [-0.05, 0) is 156 Å². The van der Waals surface area contributed by atoms with Crippen molar-refractivity contribution < 1.29 is 72.9 Å². The summed E-state index contributed by atoms with van der Waals surface area (Å²) in [5.41, 5.74) is 0.647. The summed E-state index contributed by atoms with van der Waals surface area (Å²) in [4.78, 5) is 77.6. The van der Waals surface area contributed by atoms with Crippen LogP contribution >= 0.6 is 136 Å². The zero-order valence-electron chi connectivity index (χ0n) is 33.4. The maximum Gasteiger partial charge on any atom is 0.338 e. The summed E-state index contributed by atoms with van der Waals surface area (Å²) in [5.74, 6) is -5.89. The maximum atomic E-state index is 13.0. The number of likely N-dealkylation sites (N-methyl/N-ethyl adjacent to an activating group) is 1. The van der Waals surface area contributed by atoms with Crippen LogP contribution in [0.3, 0.4) is 0 Å². The molecule has 0 saturated carbocycles. The molecule has 0 radical (unpaired) electrons. The fraction of sp³-hybridized carbons (Fsp3) is 0.486. The highest BCUT2D eigenvalue weighted by molar-refractivity contribution is 14.1. The predicted molar refractivity (Wildman–Crippen MR) is 281 cm³/mol. The van der Waals surface area contributed by atoms with E-state index in [-0.39, 0.29) is 61.1 Å². The number of carboxylic acid groups (broad SMARTS) is 2. The number of anilines is 4. The number of rotatable bonds is 20. The molecule has 4 amide bonds. The summed E-state index contributed by atoms with van der Waals surface area (Å²) in [7, 11) is -2.38. The smallest absolute Gasteiger partial charge is 0.338 e. The lowest BCUT2D eigenvalue weighted by Crippen LogP contribution is -2.48. The number of carbonyl (C=O) groups is 6. The zero-order valence-corrected chi connectivity index (χ0v) is 47.2. The van der Waals surface area contributed by atoms with Gasteiger partial charge in [0.2, 0.25) is 23.6 Å². The Hall–Kier alpha value is -0.650. The number of carboxylic acids is 2. The fourth-order valence-electron chi connectivity index (χ4n) is 5.34. The minimum Gasteiger partial charge on any atom is -0.478 e. The van der Waals surface area contributed by atoms with Crippen LogP contribution in [0.1, 0.15) is 61.3 Å². The maximum absolute atomic E-state index is 13.0. The molecule has 0 aromatic heterocycles. The molecule has 0 bridgehead atoms. The van der Waals surface area contributed by atoms with Crippen molar-refractivity contribution >= 4 is 204 Å². The van der Waals surface area contributed by atoms with Gasteiger partial charge in [-0.25, -0.2) is 18.0 Å². The normalized spacial score (nSPS) is 13.2. The SMILES string of the molecule is CCN(C(C)=O)c1c(I)c(NC(=O)CCS(=O)(=O)CCC(=O)Nc2c(I)c(C(=O)O)c(I)c(N(CC)C(C)=O)c2I)c(I)c(C(=O)O)c1I.CNC[C@@H](O)[C@H](O)[C@@H](O)[C@@H](O)CO. The Balaban J connectivity index is 0.00000127. The number of halogens is 6. The second kappa shape index (κ2) is 27.2. The van der Waals surface area contributed by atoms with Gasteiger partial charge in [0.1, 0.15) is 18.3 Å². The van der Waals surface area contributed by atoms with Gasteiger partial charge in [0.25, 0.3) is 0 Å². The molecule has 0 aliphatic heterocycles. The number of aliphatic hydroxyl groups excluding tert-OH is 5. The summed E-state index contributed by atoms with van der Waals surface area (Å²) >= 11 is 11.1. The van der Waals surface area contributed by atoms with Crippen LogP contribution in [-0.2, 0) is 29.0 Å². The van der Waals surface area contributed by atoms with Gasteiger partial charge in [0, 0.05) is 46.3 Å². The van der Waals surface area contributed by atoms with Gasteiger partial charge in [0.05, 0.1) is 79.5 Å². The Morgan fingerprint density at radius 3 is 1.23 bits per heavy atom. The molecule has 62 heavy (non-hydrogen) atoms. The molecule has 348 valence electrons. The van der Waals surface area contributed by atoms with Crippen LogP contribution in [-0.4, -0.2) is 149 Å². The molecule has 10 N–H and O–H groups in total. The van der Waals surface area contributed by atoms with Gasteiger partial charge < -0.3 is 61.5 Å². The van der Waals surface area contributed by atoms with Crippen LogP contribution in [0.5, 0.6) is 0 Å². The van der Waals surface area contributed by atoms with E-state index in [4.69, 9.17) is 20.4 Å². The first kappa shape index (κ1) is 59.4. The highest BCUT2D eigenvalue weighted by atomic mass is 127. The fourth-order valence-corrected chi connectivity index (χ4v) is 15.5. The molecule has 0 fully saturated rings. The van der Waals surface area contributed by atoms with Crippen LogP contribution in [0.15, 0.2) is 0 Å². The van der Waals surface area contributed by atoms with Crippen molar-refractivity contribution in [1.82, 2.24) is 5.32 Å². The van der Waals surface area contributed by atoms with E-state index >= 15 is 0 Å². The first-order valence-electron chi connectivity index (χ1n) is 17.9. The minimum absolute atomic E-state index is 0.0936. The Labute approximate surface area is 439 Å². The Bertz CT molecular complexity index is 2010. The highest BCUT2D eigenvalue weighted by Crippen LogP contribution is 2.42. The molecule has 4 atom stereocenters. The molecule has 0 aliphatic rings. The average molecular weight is 1570 g/mol. The Kier molecular flexibility index (Phi) is 26.1. The first-order valence-corrected chi connectivity index (χ1v) is 26.2. The van der Waals surface area contributed by atoms with Crippen molar-refractivity contribution in [2.75, 3.05) is 65.2 Å². The van der Waals surface area contributed by atoms with Gasteiger partial charge in [-0.15, -0.1) is 0 Å². The quantitative estimate of drug-likeness (QED) is 0.0853. The third kappa shape index (κ3) is 16.0. The minimum atomic E-state index is -3.95. The lowest BCUT2D eigenvalue weighted by Gasteiger charge is -2.26. The number of hydrogen-bond acceptors (Lipinski definition) is 14. The molecule has 2 rings (SSSR count). The van der Waals surface area contributed by atoms with Crippen molar-refractivity contribution in [3.05, 3.63) is 32.5 Å². The van der Waals surface area contributed by atoms with Crippen molar-refractivity contribution in [3.8, 4) is 0 Å². The number of hydrogen-bond donors (Lipinski definition) is 10. The zero-order chi connectivity index (χ0) is 48.1. The lowest BCUT2D eigenvalue weighted by molar-refractivity contribution is -0.117. The Morgan fingerprint density at radius 1 is 0.613 bits per heavy atom. The number of nitrogens with one attached hydrogen (secondary N) is 3. The van der Waals surface area contributed by atoms with E-state index in [0.717, 1.165) is 0 Å². The number of sulfone groups is 1.